The van der Waals surface area contributed by atoms with Gasteiger partial charge < -0.3 is 45.2 Å². The number of imide groups is 1. The molecule has 0 radical (unpaired) electrons. The topological polar surface area (TPSA) is 292 Å². The van der Waals surface area contributed by atoms with E-state index in [0.717, 1.165) is 46.9 Å². The fourth-order valence-electron chi connectivity index (χ4n) is 10.5. The zero-order chi connectivity index (χ0) is 56.3. The Kier molecular flexibility index (Phi) is 17.4. The third-order valence-electron chi connectivity index (χ3n) is 14.8. The quantitative estimate of drug-likeness (QED) is 0.0443. The number of carbonyl (C=O) groups is 9. The predicted octanol–water partition coefficient (Wildman–Crippen LogP) is 3.66. The van der Waals surface area contributed by atoms with Gasteiger partial charge in [-0.3, -0.25) is 48.1 Å². The van der Waals surface area contributed by atoms with E-state index in [4.69, 9.17) is 5.11 Å². The number of nitrogens with one attached hydrogen (secondary N) is 4. The molecule has 2 aromatic heterocycles. The first-order valence-corrected chi connectivity index (χ1v) is 29.4. The number of carboxylic acid groups (broad SMARTS) is 1. The Morgan fingerprint density at radius 2 is 1.60 bits per heavy atom. The number of unbranched alkanes of at least 4 members (excludes halogenated alkanes) is 1. The number of nitrogens with zero attached hydrogens (tertiary/aromatic N) is 4. The summed E-state index contributed by atoms with van der Waals surface area (Å²) in [4.78, 5) is 137. The maximum atomic E-state index is 14.3. The van der Waals surface area contributed by atoms with Crippen LogP contribution in [0.2, 0.25) is 0 Å². The van der Waals surface area contributed by atoms with Gasteiger partial charge in [-0.15, -0.1) is 11.8 Å². The van der Waals surface area contributed by atoms with E-state index in [-0.39, 0.29) is 111 Å². The molecule has 2 unspecified atom stereocenters. The van der Waals surface area contributed by atoms with E-state index in [0.29, 0.717) is 65.1 Å². The molecule has 78 heavy (non-hydrogen) atoms. The molecule has 0 spiro atoms. The molecule has 3 atom stereocenters. The molecule has 4 aromatic rings. The van der Waals surface area contributed by atoms with Crippen LogP contribution in [0.1, 0.15) is 126 Å². The van der Waals surface area contributed by atoms with Crippen molar-refractivity contribution in [2.75, 3.05) is 49.6 Å². The van der Waals surface area contributed by atoms with E-state index in [1.54, 1.807) is 36.3 Å². The van der Waals surface area contributed by atoms with Crippen molar-refractivity contribution in [3.05, 3.63) is 86.0 Å². The highest BCUT2D eigenvalue weighted by Gasteiger charge is 2.40. The van der Waals surface area contributed by atoms with E-state index < -0.39 is 73.9 Å². The highest BCUT2D eigenvalue weighted by atomic mass is 32.2. The molecule has 2 fully saturated rings. The van der Waals surface area contributed by atoms with Crippen LogP contribution < -0.4 is 26.4 Å². The van der Waals surface area contributed by atoms with Crippen molar-refractivity contribution in [3.8, 4) is 11.1 Å². The van der Waals surface area contributed by atoms with Gasteiger partial charge in [0.15, 0.2) is 15.6 Å². The number of aryl methyl sites for hydroxylation is 2. The maximum Gasteiger partial charge on any atom is 0.307 e. The van der Waals surface area contributed by atoms with Gasteiger partial charge in [0.25, 0.3) is 23.3 Å². The molecule has 1 saturated carbocycles. The standard InChI is InChI=1S/C55H66N8O13S2/c1-30(55(73)74)28-77-44-23-46(67)62(53(44)71)20-16-45(66)56-18-19-58-51(69)48-41-26-61(24-33-13-14-33)43-22-37(35(29-78(5,75)76)21-38(43)40-25-60(4)54(72)49(59-48)47(40)41)50(68)57-17-7-6-9-34-10-8-11-36-39(34)27-63(52(36)70)42(32(3)65)15-12-31(2)64/h8,10-11,21-22,25,30,33,42,44,59H,6-7,9,12-20,23-24,26-29H2,1-5H3,(H,56,66)(H,57,68)(H,58,69)(H,73,74)/t30-,42?,44?/m0/s1. The molecule has 1 saturated heterocycles. The molecular formula is C55H66N8O13S2. The second kappa shape index (κ2) is 23.8. The summed E-state index contributed by atoms with van der Waals surface area (Å²) < 4.78 is 27.5. The van der Waals surface area contributed by atoms with Crippen LogP contribution in [-0.4, -0.2) is 142 Å². The number of Topliss-reactive ketones (excluding diaryl/α,β-unsaturated/α-hetero) is 2. The number of rotatable bonds is 26. The van der Waals surface area contributed by atoms with Crippen molar-refractivity contribution in [1.29, 1.82) is 0 Å². The smallest absolute Gasteiger partial charge is 0.307 e. The summed E-state index contributed by atoms with van der Waals surface area (Å²) in [6, 6.07) is 8.20. The Labute approximate surface area is 455 Å². The second-order valence-corrected chi connectivity index (χ2v) is 24.4. The van der Waals surface area contributed by atoms with E-state index in [1.165, 1.54) is 25.3 Å². The number of thioether (sulfide) groups is 1. The summed E-state index contributed by atoms with van der Waals surface area (Å²) >= 11 is 1.10. The molecule has 2 aromatic carbocycles. The van der Waals surface area contributed by atoms with Gasteiger partial charge in [-0.1, -0.05) is 19.1 Å². The average molecular weight is 1110 g/mol. The lowest BCUT2D eigenvalue weighted by molar-refractivity contribution is -0.141. The van der Waals surface area contributed by atoms with Gasteiger partial charge in [-0.2, -0.15) is 0 Å². The first-order valence-electron chi connectivity index (χ1n) is 26.3. The van der Waals surface area contributed by atoms with Gasteiger partial charge in [0.05, 0.1) is 23.0 Å². The molecule has 23 heteroatoms. The Bertz CT molecular complexity index is 3310. The Morgan fingerprint density at radius 1 is 0.872 bits per heavy atom. The van der Waals surface area contributed by atoms with Gasteiger partial charge in [0, 0.05) is 129 Å². The molecule has 21 nitrogen and oxygen atoms in total. The van der Waals surface area contributed by atoms with Crippen molar-refractivity contribution in [2.24, 2.45) is 18.9 Å². The number of ketones is 2. The molecule has 1 aliphatic carbocycles. The minimum absolute atomic E-state index is 0.00205. The molecule has 416 valence electrons. The Hall–Kier alpha value is -7.14. The number of sulfone groups is 1. The number of carboxylic acids is 1. The van der Waals surface area contributed by atoms with Crippen LogP contribution in [0.25, 0.3) is 22.0 Å². The summed E-state index contributed by atoms with van der Waals surface area (Å²) in [7, 11) is -2.12. The number of fused-ring (bicyclic) bond motifs is 3. The monoisotopic (exact) mass is 1110 g/mol. The first-order chi connectivity index (χ1) is 37.0. The first kappa shape index (κ1) is 57.0. The van der Waals surface area contributed by atoms with Crippen molar-refractivity contribution in [2.45, 2.75) is 109 Å². The highest BCUT2D eigenvalue weighted by Crippen LogP contribution is 2.45. The van der Waals surface area contributed by atoms with Crippen molar-refractivity contribution >= 4 is 91.2 Å². The average Bonchev–Trinajstić information content (AvgIpc) is 4.09. The second-order valence-electron chi connectivity index (χ2n) is 21.1. The van der Waals surface area contributed by atoms with Crippen LogP contribution in [0.15, 0.2) is 41.3 Å². The zero-order valence-corrected chi connectivity index (χ0v) is 46.1. The number of anilines is 1. The molecule has 0 bridgehead atoms. The molecule has 3 aliphatic heterocycles. The molecule has 8 rings (SSSR count). The van der Waals surface area contributed by atoms with Crippen LogP contribution in [0.3, 0.4) is 0 Å². The lowest BCUT2D eigenvalue weighted by Gasteiger charge is -2.27. The summed E-state index contributed by atoms with van der Waals surface area (Å²) in [5.74, 6) is -4.58. The summed E-state index contributed by atoms with van der Waals surface area (Å²) in [6.45, 7) is 5.44. The minimum Gasteiger partial charge on any atom is -0.481 e. The number of pyridine rings is 1. The van der Waals surface area contributed by atoms with Crippen LogP contribution >= 0.6 is 11.8 Å². The highest BCUT2D eigenvalue weighted by molar-refractivity contribution is 8.00. The number of benzene rings is 2. The third kappa shape index (κ3) is 12.9. The van der Waals surface area contributed by atoms with Crippen molar-refractivity contribution in [3.63, 3.8) is 0 Å². The normalized spacial score (nSPS) is 16.7. The van der Waals surface area contributed by atoms with Gasteiger partial charge >= 0.3 is 5.97 Å². The predicted molar refractivity (Wildman–Crippen MR) is 292 cm³/mol. The fraction of sp³-hybridized carbons (Fsp3) is 0.491. The lowest BCUT2D eigenvalue weighted by Crippen LogP contribution is -2.40. The van der Waals surface area contributed by atoms with Gasteiger partial charge in [0.2, 0.25) is 17.7 Å². The number of aromatic amines is 1. The number of likely N-dealkylation sites (tertiary alicyclic amines) is 1. The summed E-state index contributed by atoms with van der Waals surface area (Å²) in [5, 5.41) is 17.4. The summed E-state index contributed by atoms with van der Waals surface area (Å²) in [5.41, 5.74) is 4.90. The number of amides is 6. The molecule has 5 N–H and O–H groups in total. The molecule has 5 heterocycles. The Morgan fingerprint density at radius 3 is 2.29 bits per heavy atom. The third-order valence-corrected chi connectivity index (χ3v) is 17.1. The van der Waals surface area contributed by atoms with E-state index >= 15 is 0 Å². The van der Waals surface area contributed by atoms with Crippen LogP contribution in [-0.2, 0) is 70.9 Å². The van der Waals surface area contributed by atoms with E-state index in [1.807, 2.05) is 12.1 Å². The largest absolute Gasteiger partial charge is 0.481 e. The number of hydrogen-bond donors (Lipinski definition) is 5. The van der Waals surface area contributed by atoms with Crippen LogP contribution in [0.4, 0.5) is 5.69 Å². The van der Waals surface area contributed by atoms with Crippen molar-refractivity contribution < 1.29 is 56.7 Å². The SMILES string of the molecule is CC(=O)CCC(C(C)=O)N1Cc2c(CCCCNC(=O)c3cc4c(cc3CS(C)(=O)=O)-c3cn(C)c(=O)c5[nH]c(C(=O)NCCNC(=O)CCN6C(=O)CC(SC[C@H](C)C(=O)O)C6=O)c(c35)CN4CC3CC3)cccc2C1=O. The van der Waals surface area contributed by atoms with Gasteiger partial charge in [-0.25, -0.2) is 8.42 Å². The number of hydrogen-bond acceptors (Lipinski definition) is 14. The molecule has 6 amide bonds. The van der Waals surface area contributed by atoms with Crippen LogP contribution in [0.5, 0.6) is 0 Å². The van der Waals surface area contributed by atoms with Gasteiger partial charge in [0.1, 0.15) is 17.0 Å². The number of aromatic nitrogens is 2. The summed E-state index contributed by atoms with van der Waals surface area (Å²) in [6.07, 6.45) is 6.61. The number of aliphatic carboxylic acids is 1. The molecule has 4 aliphatic rings. The zero-order valence-electron chi connectivity index (χ0n) is 44.5. The van der Waals surface area contributed by atoms with E-state index in [2.05, 4.69) is 25.8 Å². The maximum absolute atomic E-state index is 14.3. The van der Waals surface area contributed by atoms with E-state index in [9.17, 15) is 56.4 Å². The Balaban J connectivity index is 0.950. The number of H-pyrrole nitrogens is 1. The van der Waals surface area contributed by atoms with Gasteiger partial charge in [-0.05, 0) is 93.2 Å². The van der Waals surface area contributed by atoms with Crippen LogP contribution in [0, 0.1) is 11.8 Å². The number of carbonyl (C=O) groups excluding carboxylic acids is 8. The lowest BCUT2D eigenvalue weighted by atomic mass is 9.95. The van der Waals surface area contributed by atoms with Crippen molar-refractivity contribution in [1.82, 2.24) is 35.3 Å². The minimum atomic E-state index is -3.69. The molecular weight excluding hydrogens is 1040 g/mol. The fourth-order valence-corrected chi connectivity index (χ4v) is 12.5.